The highest BCUT2D eigenvalue weighted by molar-refractivity contribution is 6.30. The fourth-order valence-corrected chi connectivity index (χ4v) is 2.96. The summed E-state index contributed by atoms with van der Waals surface area (Å²) in [5.41, 5.74) is 1.16. The average Bonchev–Trinajstić information content (AvgIpc) is 2.54. The van der Waals surface area contributed by atoms with Gasteiger partial charge in [-0.05, 0) is 25.1 Å². The van der Waals surface area contributed by atoms with Gasteiger partial charge in [0, 0.05) is 24.4 Å². The lowest BCUT2D eigenvalue weighted by Gasteiger charge is -2.36. The van der Waals surface area contributed by atoms with Crippen molar-refractivity contribution in [2.24, 2.45) is 0 Å². The number of hydrogen-bond acceptors (Lipinski definition) is 3. The van der Waals surface area contributed by atoms with Crippen molar-refractivity contribution in [2.45, 2.75) is 13.0 Å². The quantitative estimate of drug-likeness (QED) is 0.734. The zero-order chi connectivity index (χ0) is 15.9. The van der Waals surface area contributed by atoms with Crippen molar-refractivity contribution >= 4 is 23.2 Å². The maximum atomic E-state index is 12.1. The van der Waals surface area contributed by atoms with E-state index in [4.69, 9.17) is 16.3 Å². The standard InChI is InChI=1S/C16H24ClN3O2/c1-13(16(21)18-6-11-22-2)19-7-9-20(10-8-19)15-5-3-4-14(17)12-15/h3-5,12-13H,6-11H2,1-2H3,(H,18,21)/p+1/t13-/m0/s1. The molecule has 0 radical (unpaired) electrons. The first-order valence-electron chi connectivity index (χ1n) is 7.73. The average molecular weight is 327 g/mol. The summed E-state index contributed by atoms with van der Waals surface area (Å²) in [6.07, 6.45) is 0. The maximum absolute atomic E-state index is 12.1. The lowest BCUT2D eigenvalue weighted by Crippen LogP contribution is -3.19. The van der Waals surface area contributed by atoms with Gasteiger partial charge in [-0.3, -0.25) is 4.79 Å². The van der Waals surface area contributed by atoms with E-state index in [1.165, 1.54) is 4.90 Å². The van der Waals surface area contributed by atoms with Crippen LogP contribution in [0.3, 0.4) is 0 Å². The number of piperazine rings is 1. The molecule has 22 heavy (non-hydrogen) atoms. The van der Waals surface area contributed by atoms with Gasteiger partial charge in [0.1, 0.15) is 0 Å². The number of nitrogens with zero attached hydrogens (tertiary/aromatic N) is 1. The van der Waals surface area contributed by atoms with Crippen molar-refractivity contribution < 1.29 is 14.4 Å². The number of carbonyl (C=O) groups is 1. The second-order valence-corrected chi connectivity index (χ2v) is 6.07. The van der Waals surface area contributed by atoms with Crippen molar-refractivity contribution in [3.05, 3.63) is 29.3 Å². The maximum Gasteiger partial charge on any atom is 0.278 e. The number of carbonyl (C=O) groups excluding carboxylic acids is 1. The molecule has 0 bridgehead atoms. The molecule has 0 saturated carbocycles. The van der Waals surface area contributed by atoms with E-state index in [2.05, 4.69) is 16.3 Å². The van der Waals surface area contributed by atoms with Crippen LogP contribution in [0.15, 0.2) is 24.3 Å². The first kappa shape index (κ1) is 17.1. The summed E-state index contributed by atoms with van der Waals surface area (Å²) in [6.45, 7) is 6.89. The van der Waals surface area contributed by atoms with Crippen molar-refractivity contribution in [3.63, 3.8) is 0 Å². The van der Waals surface area contributed by atoms with Gasteiger partial charge in [0.05, 0.1) is 32.8 Å². The predicted molar refractivity (Wildman–Crippen MR) is 88.7 cm³/mol. The Bertz CT molecular complexity index is 490. The molecule has 0 unspecified atom stereocenters. The molecule has 0 aliphatic carbocycles. The van der Waals surface area contributed by atoms with E-state index < -0.39 is 0 Å². The number of halogens is 1. The van der Waals surface area contributed by atoms with E-state index in [0.29, 0.717) is 13.2 Å². The fraction of sp³-hybridized carbons (Fsp3) is 0.562. The molecule has 1 aromatic carbocycles. The Hall–Kier alpha value is -1.30. The molecule has 1 aliphatic rings. The highest BCUT2D eigenvalue weighted by Crippen LogP contribution is 2.19. The van der Waals surface area contributed by atoms with Gasteiger partial charge in [0.2, 0.25) is 0 Å². The van der Waals surface area contributed by atoms with Crippen molar-refractivity contribution in [2.75, 3.05) is 51.3 Å². The fourth-order valence-electron chi connectivity index (χ4n) is 2.77. The summed E-state index contributed by atoms with van der Waals surface area (Å²) in [5, 5.41) is 3.68. The van der Waals surface area contributed by atoms with Gasteiger partial charge in [0.15, 0.2) is 6.04 Å². The third-order valence-electron chi connectivity index (χ3n) is 4.19. The van der Waals surface area contributed by atoms with Gasteiger partial charge in [-0.25, -0.2) is 0 Å². The van der Waals surface area contributed by atoms with E-state index in [1.807, 2.05) is 25.1 Å². The molecule has 1 atom stereocenters. The number of hydrogen-bond donors (Lipinski definition) is 2. The number of benzene rings is 1. The van der Waals surface area contributed by atoms with Gasteiger partial charge in [-0.1, -0.05) is 17.7 Å². The zero-order valence-corrected chi connectivity index (χ0v) is 14.0. The van der Waals surface area contributed by atoms with Crippen LogP contribution < -0.4 is 15.1 Å². The van der Waals surface area contributed by atoms with Crippen molar-refractivity contribution in [1.82, 2.24) is 5.32 Å². The summed E-state index contributed by atoms with van der Waals surface area (Å²) in [7, 11) is 1.63. The molecular formula is C16H25ClN3O2+. The second kappa shape index (κ2) is 8.36. The molecule has 2 N–H and O–H groups in total. The molecule has 1 aliphatic heterocycles. The topological polar surface area (TPSA) is 46.0 Å². The Kier molecular flexibility index (Phi) is 6.49. The number of nitrogens with one attached hydrogen (secondary N) is 2. The summed E-state index contributed by atoms with van der Waals surface area (Å²) < 4.78 is 4.95. The van der Waals surface area contributed by atoms with E-state index in [0.717, 1.165) is 36.9 Å². The molecule has 0 spiro atoms. The number of anilines is 1. The van der Waals surface area contributed by atoms with Crippen molar-refractivity contribution in [3.8, 4) is 0 Å². The Balaban J connectivity index is 1.82. The highest BCUT2D eigenvalue weighted by Gasteiger charge is 2.28. The molecule has 1 saturated heterocycles. The third-order valence-corrected chi connectivity index (χ3v) is 4.43. The van der Waals surface area contributed by atoms with E-state index in [1.54, 1.807) is 7.11 Å². The van der Waals surface area contributed by atoms with Gasteiger partial charge in [-0.15, -0.1) is 0 Å². The minimum atomic E-state index is -0.0293. The Labute approximate surface area is 137 Å². The summed E-state index contributed by atoms with van der Waals surface area (Å²) in [4.78, 5) is 15.7. The highest BCUT2D eigenvalue weighted by atomic mass is 35.5. The van der Waals surface area contributed by atoms with E-state index in [-0.39, 0.29) is 11.9 Å². The second-order valence-electron chi connectivity index (χ2n) is 5.63. The summed E-state index contributed by atoms with van der Waals surface area (Å²) in [5.74, 6) is 0.100. The molecule has 0 aromatic heterocycles. The SMILES string of the molecule is COCCNC(=O)[C@H](C)[NH+]1CCN(c2cccc(Cl)c2)CC1. The van der Waals surface area contributed by atoms with Crippen LogP contribution >= 0.6 is 11.6 Å². The van der Waals surface area contributed by atoms with E-state index >= 15 is 0 Å². The molecule has 5 nitrogen and oxygen atoms in total. The molecule has 2 rings (SSSR count). The van der Waals surface area contributed by atoms with Gasteiger partial charge in [0.25, 0.3) is 5.91 Å². The van der Waals surface area contributed by atoms with Crippen LogP contribution in [0.25, 0.3) is 0 Å². The molecule has 1 aromatic rings. The minimum absolute atomic E-state index is 0.0293. The summed E-state index contributed by atoms with van der Waals surface area (Å²) in [6, 6.07) is 7.91. The Morgan fingerprint density at radius 2 is 2.18 bits per heavy atom. The first-order chi connectivity index (χ1) is 10.6. The van der Waals surface area contributed by atoms with Crippen LogP contribution in [0.5, 0.6) is 0 Å². The monoisotopic (exact) mass is 326 g/mol. The van der Waals surface area contributed by atoms with Crippen LogP contribution in [-0.2, 0) is 9.53 Å². The molecule has 1 heterocycles. The van der Waals surface area contributed by atoms with Crippen LogP contribution in [0, 0.1) is 0 Å². The lowest BCUT2D eigenvalue weighted by molar-refractivity contribution is -0.914. The van der Waals surface area contributed by atoms with Gasteiger partial charge < -0.3 is 19.9 Å². The molecule has 122 valence electrons. The smallest absolute Gasteiger partial charge is 0.278 e. The number of methoxy groups -OCH3 is 1. The number of quaternary nitrogens is 1. The van der Waals surface area contributed by atoms with Crippen LogP contribution in [0.2, 0.25) is 5.02 Å². The van der Waals surface area contributed by atoms with Gasteiger partial charge in [-0.2, -0.15) is 0 Å². The summed E-state index contributed by atoms with van der Waals surface area (Å²) >= 11 is 6.05. The van der Waals surface area contributed by atoms with Crippen LogP contribution in [0.4, 0.5) is 5.69 Å². The van der Waals surface area contributed by atoms with Gasteiger partial charge >= 0.3 is 0 Å². The first-order valence-corrected chi connectivity index (χ1v) is 8.11. The predicted octanol–water partition coefficient (Wildman–Crippen LogP) is 0.196. The number of amides is 1. The largest absolute Gasteiger partial charge is 0.383 e. The zero-order valence-electron chi connectivity index (χ0n) is 13.3. The Morgan fingerprint density at radius 3 is 2.82 bits per heavy atom. The molecule has 1 amide bonds. The molecule has 1 fully saturated rings. The lowest BCUT2D eigenvalue weighted by atomic mass is 10.2. The Morgan fingerprint density at radius 1 is 1.45 bits per heavy atom. The van der Waals surface area contributed by atoms with Crippen LogP contribution in [-0.4, -0.2) is 58.4 Å². The number of ether oxygens (including phenoxy) is 1. The molecule has 6 heteroatoms. The number of rotatable bonds is 6. The van der Waals surface area contributed by atoms with Crippen LogP contribution in [0.1, 0.15) is 6.92 Å². The minimum Gasteiger partial charge on any atom is -0.383 e. The third kappa shape index (κ3) is 4.60. The normalized spacial score (nSPS) is 17.3. The molecular weight excluding hydrogens is 302 g/mol. The van der Waals surface area contributed by atoms with E-state index in [9.17, 15) is 4.79 Å². The van der Waals surface area contributed by atoms with Crippen molar-refractivity contribution in [1.29, 1.82) is 0 Å².